The molecule has 0 N–H and O–H groups in total. The number of aldehydes is 1. The van der Waals surface area contributed by atoms with E-state index < -0.39 is 0 Å². The number of nitrogens with zero attached hydrogens (tertiary/aromatic N) is 4. The van der Waals surface area contributed by atoms with Crippen molar-refractivity contribution in [3.8, 4) is 5.82 Å². The van der Waals surface area contributed by atoms with Gasteiger partial charge in [0.15, 0.2) is 12.1 Å². The van der Waals surface area contributed by atoms with Gasteiger partial charge in [0.2, 0.25) is 0 Å². The van der Waals surface area contributed by atoms with Crippen molar-refractivity contribution < 1.29 is 4.79 Å². The second-order valence-corrected chi connectivity index (χ2v) is 5.26. The van der Waals surface area contributed by atoms with Gasteiger partial charge in [-0.05, 0) is 0 Å². The van der Waals surface area contributed by atoms with Crippen molar-refractivity contribution >= 4 is 17.9 Å². The Labute approximate surface area is 110 Å². The first-order valence-electron chi connectivity index (χ1n) is 5.45. The molecule has 6 heteroatoms. The third kappa shape index (κ3) is 2.13. The summed E-state index contributed by atoms with van der Waals surface area (Å²) in [6, 6.07) is 1.68. The van der Waals surface area contributed by atoms with Gasteiger partial charge in [-0.25, -0.2) is 14.6 Å². The van der Waals surface area contributed by atoms with Gasteiger partial charge in [-0.2, -0.15) is 5.10 Å². The normalized spacial score (nSPS) is 11.6. The lowest BCUT2D eigenvalue weighted by molar-refractivity contribution is 0.112. The lowest BCUT2D eigenvalue weighted by Gasteiger charge is -2.15. The Morgan fingerprint density at radius 3 is 2.56 bits per heavy atom. The number of rotatable bonds is 2. The second kappa shape index (κ2) is 4.49. The van der Waals surface area contributed by atoms with E-state index in [2.05, 4.69) is 15.1 Å². The molecule has 0 aromatic carbocycles. The molecule has 2 rings (SSSR count). The number of hydrogen-bond donors (Lipinski definition) is 0. The van der Waals surface area contributed by atoms with Crippen molar-refractivity contribution in [3.05, 3.63) is 35.0 Å². The molecule has 5 nitrogen and oxygen atoms in total. The Balaban J connectivity index is 2.65. The van der Waals surface area contributed by atoms with E-state index in [-0.39, 0.29) is 10.6 Å². The molecule has 94 valence electrons. The van der Waals surface area contributed by atoms with E-state index in [9.17, 15) is 4.79 Å². The molecular formula is C12H13ClN4O. The molecule has 2 aromatic heterocycles. The van der Waals surface area contributed by atoms with E-state index >= 15 is 0 Å². The maximum absolute atomic E-state index is 11.2. The summed E-state index contributed by atoms with van der Waals surface area (Å²) in [5.41, 5.74) is 0.793. The predicted molar refractivity (Wildman–Crippen MR) is 68.3 cm³/mol. The monoisotopic (exact) mass is 264 g/mol. The van der Waals surface area contributed by atoms with Crippen molar-refractivity contribution in [2.45, 2.75) is 26.2 Å². The van der Waals surface area contributed by atoms with Crippen LogP contribution in [0.1, 0.15) is 36.8 Å². The molecule has 0 aliphatic heterocycles. The largest absolute Gasteiger partial charge is 0.298 e. The molecule has 2 aromatic rings. The van der Waals surface area contributed by atoms with E-state index in [1.165, 1.54) is 11.0 Å². The minimum absolute atomic E-state index is 0.266. The Kier molecular flexibility index (Phi) is 3.17. The maximum atomic E-state index is 11.2. The Hall–Kier alpha value is -1.75. The standard InChI is InChI=1S/C12H13ClN4O/c1-12(2,3)10-8(6-18)11(13)17(16-10)9-4-5-14-7-15-9/h4-7H,1-3H3. The van der Waals surface area contributed by atoms with Crippen LogP contribution in [0.5, 0.6) is 0 Å². The number of aromatic nitrogens is 4. The molecule has 0 aliphatic carbocycles. The summed E-state index contributed by atoms with van der Waals surface area (Å²) in [5.74, 6) is 0.536. The molecule has 18 heavy (non-hydrogen) atoms. The average molecular weight is 265 g/mol. The van der Waals surface area contributed by atoms with Gasteiger partial charge < -0.3 is 0 Å². The molecular weight excluding hydrogens is 252 g/mol. The Morgan fingerprint density at radius 2 is 2.11 bits per heavy atom. The van der Waals surface area contributed by atoms with E-state index in [0.717, 1.165) is 6.29 Å². The molecule has 0 unspecified atom stereocenters. The zero-order chi connectivity index (χ0) is 13.3. The number of carbonyl (C=O) groups is 1. The van der Waals surface area contributed by atoms with Crippen LogP contribution in [0.3, 0.4) is 0 Å². The zero-order valence-corrected chi connectivity index (χ0v) is 11.1. The fourth-order valence-electron chi connectivity index (χ4n) is 1.63. The van der Waals surface area contributed by atoms with Crippen molar-refractivity contribution in [3.63, 3.8) is 0 Å². The molecule has 0 amide bonds. The van der Waals surface area contributed by atoms with Crippen LogP contribution in [-0.4, -0.2) is 26.0 Å². The summed E-state index contributed by atoms with van der Waals surface area (Å²) in [4.78, 5) is 19.1. The number of halogens is 1. The van der Waals surface area contributed by atoms with Gasteiger partial charge in [-0.3, -0.25) is 4.79 Å². The third-order valence-electron chi connectivity index (χ3n) is 2.47. The van der Waals surface area contributed by atoms with Crippen LogP contribution in [0, 0.1) is 0 Å². The number of hydrogen-bond acceptors (Lipinski definition) is 4. The van der Waals surface area contributed by atoms with Crippen LogP contribution in [0.15, 0.2) is 18.6 Å². The van der Waals surface area contributed by atoms with Crippen molar-refractivity contribution in [1.29, 1.82) is 0 Å². The highest BCUT2D eigenvalue weighted by Gasteiger charge is 2.26. The molecule has 0 radical (unpaired) electrons. The van der Waals surface area contributed by atoms with Gasteiger partial charge >= 0.3 is 0 Å². The summed E-state index contributed by atoms with van der Waals surface area (Å²) < 4.78 is 1.45. The Morgan fingerprint density at radius 1 is 1.39 bits per heavy atom. The summed E-state index contributed by atoms with van der Waals surface area (Å²) in [6.07, 6.45) is 3.73. The first-order valence-corrected chi connectivity index (χ1v) is 5.83. The summed E-state index contributed by atoms with van der Waals surface area (Å²) >= 11 is 6.18. The molecule has 0 spiro atoms. The number of carbonyl (C=O) groups excluding carboxylic acids is 1. The quantitative estimate of drug-likeness (QED) is 0.782. The minimum atomic E-state index is -0.266. The van der Waals surface area contributed by atoms with Gasteiger partial charge in [-0.15, -0.1) is 0 Å². The van der Waals surface area contributed by atoms with Crippen molar-refractivity contribution in [2.75, 3.05) is 0 Å². The molecule has 0 saturated heterocycles. The van der Waals surface area contributed by atoms with Crippen LogP contribution in [0.4, 0.5) is 0 Å². The summed E-state index contributed by atoms with van der Waals surface area (Å²) in [7, 11) is 0. The van der Waals surface area contributed by atoms with E-state index in [0.29, 0.717) is 17.1 Å². The first kappa shape index (κ1) is 12.7. The van der Waals surface area contributed by atoms with Gasteiger partial charge in [0.25, 0.3) is 0 Å². The fraction of sp³-hybridized carbons (Fsp3) is 0.333. The summed E-state index contributed by atoms with van der Waals surface area (Å²) in [6.45, 7) is 5.93. The maximum Gasteiger partial charge on any atom is 0.158 e. The predicted octanol–water partition coefficient (Wildman–Crippen LogP) is 2.43. The van der Waals surface area contributed by atoms with E-state index in [1.54, 1.807) is 12.3 Å². The van der Waals surface area contributed by atoms with E-state index in [4.69, 9.17) is 11.6 Å². The van der Waals surface area contributed by atoms with Gasteiger partial charge in [0.05, 0.1) is 11.3 Å². The minimum Gasteiger partial charge on any atom is -0.298 e. The molecule has 0 bridgehead atoms. The molecule has 0 aliphatic rings. The van der Waals surface area contributed by atoms with Crippen LogP contribution in [0.2, 0.25) is 5.15 Å². The van der Waals surface area contributed by atoms with E-state index in [1.807, 2.05) is 20.8 Å². The lowest BCUT2D eigenvalue weighted by Crippen LogP contribution is -2.14. The second-order valence-electron chi connectivity index (χ2n) is 4.90. The van der Waals surface area contributed by atoms with Crippen molar-refractivity contribution in [2.24, 2.45) is 0 Å². The highest BCUT2D eigenvalue weighted by atomic mass is 35.5. The molecule has 0 fully saturated rings. The summed E-state index contributed by atoms with van der Waals surface area (Å²) in [5, 5.41) is 4.66. The van der Waals surface area contributed by atoms with Crippen LogP contribution < -0.4 is 0 Å². The van der Waals surface area contributed by atoms with Gasteiger partial charge in [0.1, 0.15) is 11.5 Å². The lowest BCUT2D eigenvalue weighted by atomic mass is 9.90. The zero-order valence-electron chi connectivity index (χ0n) is 10.4. The fourth-order valence-corrected chi connectivity index (χ4v) is 1.89. The smallest absolute Gasteiger partial charge is 0.158 e. The van der Waals surface area contributed by atoms with Crippen molar-refractivity contribution in [1.82, 2.24) is 19.7 Å². The van der Waals surface area contributed by atoms with Gasteiger partial charge in [0, 0.05) is 17.7 Å². The molecule has 2 heterocycles. The average Bonchev–Trinajstić information content (AvgIpc) is 2.67. The van der Waals surface area contributed by atoms with Crippen LogP contribution in [-0.2, 0) is 5.41 Å². The van der Waals surface area contributed by atoms with Crippen LogP contribution >= 0.6 is 11.6 Å². The highest BCUT2D eigenvalue weighted by Crippen LogP contribution is 2.29. The van der Waals surface area contributed by atoms with Crippen LogP contribution in [0.25, 0.3) is 5.82 Å². The Bertz CT molecular complexity index is 572. The molecule has 0 atom stereocenters. The highest BCUT2D eigenvalue weighted by molar-refractivity contribution is 6.32. The van der Waals surface area contributed by atoms with Gasteiger partial charge in [-0.1, -0.05) is 32.4 Å². The third-order valence-corrected chi connectivity index (χ3v) is 2.84. The molecule has 0 saturated carbocycles. The first-order chi connectivity index (χ1) is 8.45. The SMILES string of the molecule is CC(C)(C)c1nn(-c2ccncn2)c(Cl)c1C=O. The topological polar surface area (TPSA) is 60.7 Å².